The Kier molecular flexibility index (Phi) is 3.54. The largest absolute Gasteiger partial charge is 0.296 e. The molecule has 0 saturated heterocycles. The van der Waals surface area contributed by atoms with Crippen molar-refractivity contribution in [2.45, 2.75) is 70.4 Å². The maximum atomic E-state index is 9.58. The van der Waals surface area contributed by atoms with Crippen LogP contribution < -0.4 is 5.32 Å². The summed E-state index contributed by atoms with van der Waals surface area (Å²) in [6.07, 6.45) is 8.75. The molecule has 0 bridgehead atoms. The van der Waals surface area contributed by atoms with Crippen LogP contribution in [0.4, 0.5) is 0 Å². The quantitative estimate of drug-likeness (QED) is 0.775. The molecule has 0 radical (unpaired) electrons. The van der Waals surface area contributed by atoms with E-state index in [4.69, 9.17) is 0 Å². The molecule has 2 saturated carbocycles. The van der Waals surface area contributed by atoms with Crippen molar-refractivity contribution in [3.8, 4) is 6.07 Å². The molecule has 2 rings (SSSR count). The lowest BCUT2D eigenvalue weighted by Gasteiger charge is -2.43. The average Bonchev–Trinajstić information content (AvgIpc) is 2.77. The van der Waals surface area contributed by atoms with Gasteiger partial charge in [-0.05, 0) is 31.1 Å². The van der Waals surface area contributed by atoms with Gasteiger partial charge in [-0.25, -0.2) is 0 Å². The second-order valence-corrected chi connectivity index (χ2v) is 5.87. The van der Waals surface area contributed by atoms with Crippen LogP contribution in [-0.4, -0.2) is 11.6 Å². The molecular weight excluding hydrogens is 196 g/mol. The van der Waals surface area contributed by atoms with Crippen molar-refractivity contribution in [1.29, 1.82) is 5.26 Å². The summed E-state index contributed by atoms with van der Waals surface area (Å²) < 4.78 is 0. The highest BCUT2D eigenvalue weighted by Crippen LogP contribution is 2.38. The van der Waals surface area contributed by atoms with E-state index in [2.05, 4.69) is 25.2 Å². The van der Waals surface area contributed by atoms with Gasteiger partial charge in [0.1, 0.15) is 5.54 Å². The molecule has 90 valence electrons. The Balaban J connectivity index is 2.08. The summed E-state index contributed by atoms with van der Waals surface area (Å²) in [6, 6.07) is 3.22. The first-order valence-corrected chi connectivity index (χ1v) is 6.87. The Morgan fingerprint density at radius 2 is 1.81 bits per heavy atom. The van der Waals surface area contributed by atoms with Gasteiger partial charge in [-0.15, -0.1) is 0 Å². The summed E-state index contributed by atoms with van der Waals surface area (Å²) >= 11 is 0. The third kappa shape index (κ3) is 2.11. The van der Waals surface area contributed by atoms with Crippen LogP contribution in [0.2, 0.25) is 0 Å². The molecular formula is C14H24N2. The van der Waals surface area contributed by atoms with E-state index >= 15 is 0 Å². The topological polar surface area (TPSA) is 35.8 Å². The van der Waals surface area contributed by atoms with Crippen molar-refractivity contribution in [1.82, 2.24) is 5.32 Å². The SMILES string of the molecule is CC1CCCC(C#N)(NC2CCCC2)C1C. The van der Waals surface area contributed by atoms with E-state index in [9.17, 15) is 5.26 Å². The van der Waals surface area contributed by atoms with Crippen molar-refractivity contribution in [3.05, 3.63) is 0 Å². The van der Waals surface area contributed by atoms with E-state index in [1.165, 1.54) is 38.5 Å². The maximum absolute atomic E-state index is 9.58. The molecule has 0 heterocycles. The van der Waals surface area contributed by atoms with Crippen molar-refractivity contribution in [2.75, 3.05) is 0 Å². The average molecular weight is 220 g/mol. The molecule has 3 unspecified atom stereocenters. The van der Waals surface area contributed by atoms with Gasteiger partial charge in [0.25, 0.3) is 0 Å². The molecule has 2 fully saturated rings. The van der Waals surface area contributed by atoms with Crippen LogP contribution in [0, 0.1) is 23.2 Å². The lowest BCUT2D eigenvalue weighted by Crippen LogP contribution is -2.56. The van der Waals surface area contributed by atoms with E-state index in [1.807, 2.05) is 0 Å². The van der Waals surface area contributed by atoms with Crippen LogP contribution in [0.25, 0.3) is 0 Å². The number of hydrogen-bond donors (Lipinski definition) is 1. The molecule has 0 aliphatic heterocycles. The van der Waals surface area contributed by atoms with Gasteiger partial charge in [-0.3, -0.25) is 5.32 Å². The zero-order chi connectivity index (χ0) is 11.6. The smallest absolute Gasteiger partial charge is 0.109 e. The molecule has 0 amide bonds. The molecule has 0 spiro atoms. The number of nitrogens with one attached hydrogen (secondary N) is 1. The van der Waals surface area contributed by atoms with Crippen LogP contribution in [0.5, 0.6) is 0 Å². The van der Waals surface area contributed by atoms with Gasteiger partial charge in [-0.2, -0.15) is 5.26 Å². The van der Waals surface area contributed by atoms with Gasteiger partial charge in [0.2, 0.25) is 0 Å². The summed E-state index contributed by atoms with van der Waals surface area (Å²) in [5.74, 6) is 1.18. The van der Waals surface area contributed by atoms with Gasteiger partial charge >= 0.3 is 0 Å². The first kappa shape index (κ1) is 11.9. The molecule has 1 N–H and O–H groups in total. The van der Waals surface area contributed by atoms with Gasteiger partial charge in [0.15, 0.2) is 0 Å². The Morgan fingerprint density at radius 3 is 2.44 bits per heavy atom. The fourth-order valence-corrected chi connectivity index (χ4v) is 3.49. The lowest BCUT2D eigenvalue weighted by molar-refractivity contribution is 0.139. The predicted octanol–water partition coefficient (Wildman–Crippen LogP) is 3.24. The highest BCUT2D eigenvalue weighted by molar-refractivity contribution is 5.13. The number of nitriles is 1. The standard InChI is InChI=1S/C14H24N2/c1-11-6-5-9-14(10-15,12(11)2)16-13-7-3-4-8-13/h11-13,16H,3-9H2,1-2H3. The monoisotopic (exact) mass is 220 g/mol. The second kappa shape index (κ2) is 4.75. The molecule has 0 aromatic carbocycles. The fourth-order valence-electron chi connectivity index (χ4n) is 3.49. The summed E-state index contributed by atoms with van der Waals surface area (Å²) in [4.78, 5) is 0. The minimum atomic E-state index is -0.229. The van der Waals surface area contributed by atoms with Gasteiger partial charge in [0.05, 0.1) is 6.07 Å². The van der Waals surface area contributed by atoms with E-state index in [0.717, 1.165) is 6.42 Å². The van der Waals surface area contributed by atoms with Crippen LogP contribution in [-0.2, 0) is 0 Å². The highest BCUT2D eigenvalue weighted by atomic mass is 15.0. The lowest BCUT2D eigenvalue weighted by atomic mass is 9.68. The molecule has 3 atom stereocenters. The molecule has 2 heteroatoms. The molecule has 0 aromatic rings. The van der Waals surface area contributed by atoms with E-state index in [1.54, 1.807) is 0 Å². The normalized spacial score (nSPS) is 40.8. The minimum Gasteiger partial charge on any atom is -0.296 e. The molecule has 16 heavy (non-hydrogen) atoms. The molecule has 2 aliphatic rings. The van der Waals surface area contributed by atoms with Crippen LogP contribution in [0.1, 0.15) is 58.8 Å². The molecule has 2 nitrogen and oxygen atoms in total. The van der Waals surface area contributed by atoms with Crippen LogP contribution >= 0.6 is 0 Å². The van der Waals surface area contributed by atoms with Crippen molar-refractivity contribution in [3.63, 3.8) is 0 Å². The summed E-state index contributed by atoms with van der Waals surface area (Å²) in [7, 11) is 0. The molecule has 2 aliphatic carbocycles. The van der Waals surface area contributed by atoms with E-state index < -0.39 is 0 Å². The minimum absolute atomic E-state index is 0.229. The van der Waals surface area contributed by atoms with Crippen LogP contribution in [0.15, 0.2) is 0 Å². The molecule has 0 aromatic heterocycles. The summed E-state index contributed by atoms with van der Waals surface area (Å²) in [6.45, 7) is 4.56. The van der Waals surface area contributed by atoms with Crippen LogP contribution in [0.3, 0.4) is 0 Å². The van der Waals surface area contributed by atoms with E-state index in [0.29, 0.717) is 17.9 Å². The van der Waals surface area contributed by atoms with Gasteiger partial charge in [-0.1, -0.05) is 39.5 Å². The summed E-state index contributed by atoms with van der Waals surface area (Å²) in [5, 5.41) is 13.3. The van der Waals surface area contributed by atoms with Gasteiger partial charge < -0.3 is 0 Å². The zero-order valence-corrected chi connectivity index (χ0v) is 10.6. The third-order valence-electron chi connectivity index (χ3n) is 4.88. The fraction of sp³-hybridized carbons (Fsp3) is 0.929. The number of hydrogen-bond acceptors (Lipinski definition) is 2. The van der Waals surface area contributed by atoms with Crippen molar-refractivity contribution in [2.24, 2.45) is 11.8 Å². The number of nitrogens with zero attached hydrogens (tertiary/aromatic N) is 1. The Labute approximate surface area is 99.4 Å². The zero-order valence-electron chi connectivity index (χ0n) is 10.6. The van der Waals surface area contributed by atoms with Crippen molar-refractivity contribution < 1.29 is 0 Å². The Morgan fingerprint density at radius 1 is 1.12 bits per heavy atom. The second-order valence-electron chi connectivity index (χ2n) is 5.87. The summed E-state index contributed by atoms with van der Waals surface area (Å²) in [5.41, 5.74) is -0.229. The Hall–Kier alpha value is -0.550. The third-order valence-corrected chi connectivity index (χ3v) is 4.88. The van der Waals surface area contributed by atoms with Gasteiger partial charge in [0, 0.05) is 6.04 Å². The van der Waals surface area contributed by atoms with E-state index in [-0.39, 0.29) is 5.54 Å². The highest BCUT2D eigenvalue weighted by Gasteiger charge is 2.43. The first-order chi connectivity index (χ1) is 7.68. The first-order valence-electron chi connectivity index (χ1n) is 6.87. The predicted molar refractivity (Wildman–Crippen MR) is 65.9 cm³/mol. The van der Waals surface area contributed by atoms with Crippen molar-refractivity contribution >= 4 is 0 Å². The Bertz CT molecular complexity index is 275. The number of rotatable bonds is 2. The maximum Gasteiger partial charge on any atom is 0.109 e.